The molecule has 29 heavy (non-hydrogen) atoms. The van der Waals surface area contributed by atoms with Crippen molar-refractivity contribution in [1.29, 1.82) is 0 Å². The van der Waals surface area contributed by atoms with Crippen LogP contribution in [0.5, 0.6) is 5.75 Å². The standard InChI is InChI=1S/C22H26N4O3/c1-12-8-16(21(28)20(12)27)24-18-6-7-23-19-10-15(25-26(18)19)13-4-5-17-14(9-13)22(2,3)11-29-17/h4-7,9-10,12,16,20-21,24,27-28H,8,11H2,1-3H3/t12-,16-,20-,21+/m1/s1. The summed E-state index contributed by atoms with van der Waals surface area (Å²) < 4.78 is 7.55. The molecule has 5 rings (SSSR count). The second-order valence-corrected chi connectivity index (χ2v) is 8.96. The van der Waals surface area contributed by atoms with Crippen LogP contribution >= 0.6 is 0 Å². The van der Waals surface area contributed by atoms with Gasteiger partial charge < -0.3 is 20.3 Å². The zero-order chi connectivity index (χ0) is 20.3. The maximum absolute atomic E-state index is 10.3. The lowest BCUT2D eigenvalue weighted by Gasteiger charge is -2.19. The van der Waals surface area contributed by atoms with Crippen LogP contribution in [0, 0.1) is 5.92 Å². The number of fused-ring (bicyclic) bond motifs is 2. The molecule has 1 saturated carbocycles. The van der Waals surface area contributed by atoms with Gasteiger partial charge in [-0.2, -0.15) is 9.61 Å². The average Bonchev–Trinajstić information content (AvgIpc) is 3.34. The summed E-state index contributed by atoms with van der Waals surface area (Å²) in [6.07, 6.45) is 0.904. The molecule has 152 valence electrons. The van der Waals surface area contributed by atoms with Gasteiger partial charge in [0.1, 0.15) is 17.7 Å². The summed E-state index contributed by atoms with van der Waals surface area (Å²) >= 11 is 0. The molecule has 0 spiro atoms. The van der Waals surface area contributed by atoms with Crippen molar-refractivity contribution in [2.24, 2.45) is 5.92 Å². The van der Waals surface area contributed by atoms with Gasteiger partial charge in [0.05, 0.1) is 24.4 Å². The number of benzene rings is 1. The van der Waals surface area contributed by atoms with Gasteiger partial charge in [-0.15, -0.1) is 0 Å². The van der Waals surface area contributed by atoms with E-state index in [9.17, 15) is 10.2 Å². The molecular weight excluding hydrogens is 368 g/mol. The molecule has 0 bridgehead atoms. The van der Waals surface area contributed by atoms with Crippen molar-refractivity contribution in [2.75, 3.05) is 11.9 Å². The number of aromatic nitrogens is 3. The first-order chi connectivity index (χ1) is 13.8. The number of aliphatic hydroxyl groups is 2. The Morgan fingerprint density at radius 3 is 2.76 bits per heavy atom. The Morgan fingerprint density at radius 2 is 2.00 bits per heavy atom. The van der Waals surface area contributed by atoms with E-state index in [0.29, 0.717) is 13.0 Å². The average molecular weight is 394 g/mol. The first-order valence-corrected chi connectivity index (χ1v) is 10.1. The summed E-state index contributed by atoms with van der Waals surface area (Å²) in [7, 11) is 0. The second-order valence-electron chi connectivity index (χ2n) is 8.96. The van der Waals surface area contributed by atoms with Gasteiger partial charge in [-0.1, -0.05) is 20.8 Å². The third kappa shape index (κ3) is 2.96. The lowest BCUT2D eigenvalue weighted by molar-refractivity contribution is 0.0210. The van der Waals surface area contributed by atoms with Gasteiger partial charge in [0.25, 0.3) is 0 Å². The van der Waals surface area contributed by atoms with Crippen molar-refractivity contribution < 1.29 is 14.9 Å². The number of rotatable bonds is 3. The smallest absolute Gasteiger partial charge is 0.157 e. The van der Waals surface area contributed by atoms with E-state index < -0.39 is 12.2 Å². The lowest BCUT2D eigenvalue weighted by Crippen LogP contribution is -2.35. The van der Waals surface area contributed by atoms with E-state index in [2.05, 4.69) is 30.2 Å². The van der Waals surface area contributed by atoms with Crippen molar-refractivity contribution >= 4 is 11.5 Å². The Morgan fingerprint density at radius 1 is 1.17 bits per heavy atom. The predicted molar refractivity (Wildman–Crippen MR) is 110 cm³/mol. The number of nitrogens with one attached hydrogen (secondary N) is 1. The van der Waals surface area contributed by atoms with Crippen LogP contribution in [0.25, 0.3) is 16.9 Å². The van der Waals surface area contributed by atoms with E-state index in [1.807, 2.05) is 31.2 Å². The monoisotopic (exact) mass is 394 g/mol. The van der Waals surface area contributed by atoms with Gasteiger partial charge in [-0.25, -0.2) is 4.98 Å². The summed E-state index contributed by atoms with van der Waals surface area (Å²) in [6, 6.07) is 9.75. The van der Waals surface area contributed by atoms with Gasteiger partial charge in [-0.05, 0) is 36.6 Å². The highest BCUT2D eigenvalue weighted by molar-refractivity contribution is 5.68. The molecule has 7 nitrogen and oxygen atoms in total. The predicted octanol–water partition coefficient (Wildman–Crippen LogP) is 2.61. The number of aliphatic hydroxyl groups excluding tert-OH is 2. The second kappa shape index (κ2) is 6.43. The van der Waals surface area contributed by atoms with Gasteiger partial charge in [0.15, 0.2) is 5.65 Å². The third-order valence-electron chi connectivity index (χ3n) is 6.26. The molecule has 1 aromatic carbocycles. The maximum Gasteiger partial charge on any atom is 0.157 e. The number of hydrogen-bond acceptors (Lipinski definition) is 6. The van der Waals surface area contributed by atoms with E-state index >= 15 is 0 Å². The summed E-state index contributed by atoms with van der Waals surface area (Å²) in [5, 5.41) is 28.5. The fourth-order valence-corrected chi connectivity index (χ4v) is 4.41. The van der Waals surface area contributed by atoms with Gasteiger partial charge in [0.2, 0.25) is 0 Å². The van der Waals surface area contributed by atoms with Crippen LogP contribution < -0.4 is 10.1 Å². The molecule has 3 N–H and O–H groups in total. The van der Waals surface area contributed by atoms with Crippen molar-refractivity contribution in [3.8, 4) is 17.0 Å². The van der Waals surface area contributed by atoms with Crippen molar-refractivity contribution in [3.63, 3.8) is 0 Å². The normalized spacial score (nSPS) is 27.8. The fraction of sp³-hybridized carbons (Fsp3) is 0.455. The van der Waals surface area contributed by atoms with E-state index in [-0.39, 0.29) is 17.4 Å². The van der Waals surface area contributed by atoms with Crippen LogP contribution in [0.1, 0.15) is 32.8 Å². The van der Waals surface area contributed by atoms with E-state index in [1.54, 1.807) is 10.7 Å². The van der Waals surface area contributed by atoms with Crippen LogP contribution in [-0.2, 0) is 5.41 Å². The molecule has 2 aliphatic rings. The van der Waals surface area contributed by atoms with Gasteiger partial charge in [0, 0.05) is 28.8 Å². The van der Waals surface area contributed by atoms with Crippen LogP contribution in [0.2, 0.25) is 0 Å². The van der Waals surface area contributed by atoms with Crippen molar-refractivity contribution in [1.82, 2.24) is 14.6 Å². The molecule has 7 heteroatoms. The molecule has 3 aromatic rings. The van der Waals surface area contributed by atoms with Crippen LogP contribution in [0.3, 0.4) is 0 Å². The zero-order valence-electron chi connectivity index (χ0n) is 16.8. The number of ether oxygens (including phenoxy) is 1. The Bertz CT molecular complexity index is 1080. The Balaban J connectivity index is 1.50. The summed E-state index contributed by atoms with van der Waals surface area (Å²) in [6.45, 7) is 6.99. The summed E-state index contributed by atoms with van der Waals surface area (Å²) in [5.41, 5.74) is 3.74. The molecule has 1 fully saturated rings. The van der Waals surface area contributed by atoms with Gasteiger partial charge >= 0.3 is 0 Å². The van der Waals surface area contributed by atoms with Crippen LogP contribution in [-0.4, -0.2) is 49.7 Å². The number of hydrogen-bond donors (Lipinski definition) is 3. The van der Waals surface area contributed by atoms with E-state index in [4.69, 9.17) is 9.84 Å². The topological polar surface area (TPSA) is 91.9 Å². The van der Waals surface area contributed by atoms with Crippen molar-refractivity contribution in [2.45, 2.75) is 50.9 Å². The molecule has 4 atom stereocenters. The molecule has 3 heterocycles. The Labute approximate surface area is 169 Å². The molecule has 0 unspecified atom stereocenters. The quantitative estimate of drug-likeness (QED) is 0.633. The molecule has 0 radical (unpaired) electrons. The highest BCUT2D eigenvalue weighted by Crippen LogP contribution is 2.40. The van der Waals surface area contributed by atoms with E-state index in [1.165, 1.54) is 5.56 Å². The lowest BCUT2D eigenvalue weighted by atomic mass is 9.86. The van der Waals surface area contributed by atoms with Crippen LogP contribution in [0.15, 0.2) is 36.5 Å². The fourth-order valence-electron chi connectivity index (χ4n) is 4.41. The minimum atomic E-state index is -0.804. The Hall–Kier alpha value is -2.64. The van der Waals surface area contributed by atoms with Crippen molar-refractivity contribution in [3.05, 3.63) is 42.1 Å². The Kier molecular flexibility index (Phi) is 4.08. The minimum Gasteiger partial charge on any atom is -0.492 e. The first-order valence-electron chi connectivity index (χ1n) is 10.1. The molecule has 1 aliphatic carbocycles. The highest BCUT2D eigenvalue weighted by Gasteiger charge is 2.39. The third-order valence-corrected chi connectivity index (χ3v) is 6.26. The molecule has 0 saturated heterocycles. The first kappa shape index (κ1) is 18.4. The molecule has 1 aliphatic heterocycles. The molecule has 0 amide bonds. The van der Waals surface area contributed by atoms with Crippen LogP contribution in [0.4, 0.5) is 5.82 Å². The van der Waals surface area contributed by atoms with Gasteiger partial charge in [-0.3, -0.25) is 0 Å². The summed E-state index contributed by atoms with van der Waals surface area (Å²) in [5.74, 6) is 1.73. The zero-order valence-corrected chi connectivity index (χ0v) is 16.8. The molecule has 2 aromatic heterocycles. The molecular formula is C22H26N4O3. The number of anilines is 1. The maximum atomic E-state index is 10.3. The minimum absolute atomic E-state index is 0.0222. The summed E-state index contributed by atoms with van der Waals surface area (Å²) in [4.78, 5) is 4.44. The van der Waals surface area contributed by atoms with E-state index in [0.717, 1.165) is 28.5 Å². The highest BCUT2D eigenvalue weighted by atomic mass is 16.5. The largest absolute Gasteiger partial charge is 0.492 e. The SMILES string of the molecule is C[C@@H]1C[C@@H](Nc2ccnc3cc(-c4ccc5c(c4)C(C)(C)CO5)nn23)[C@H](O)[C@@H]1O. The number of nitrogens with zero attached hydrogens (tertiary/aromatic N) is 3.